The summed E-state index contributed by atoms with van der Waals surface area (Å²) in [6.45, 7) is 0.594. The van der Waals surface area contributed by atoms with Crippen molar-refractivity contribution in [3.8, 4) is 6.07 Å². The van der Waals surface area contributed by atoms with Crippen molar-refractivity contribution < 1.29 is 9.59 Å². The molecular weight excluding hydrogens is 264 g/mol. The summed E-state index contributed by atoms with van der Waals surface area (Å²) >= 11 is 5.81. The number of nitrogens with zero attached hydrogens (tertiary/aromatic N) is 2. The first-order valence-electron chi connectivity index (χ1n) is 6.10. The van der Waals surface area contributed by atoms with Gasteiger partial charge in [-0.05, 0) is 37.1 Å². The average Bonchev–Trinajstić information content (AvgIpc) is 2.40. The van der Waals surface area contributed by atoms with Crippen LogP contribution in [0.25, 0.3) is 0 Å². The van der Waals surface area contributed by atoms with E-state index in [2.05, 4.69) is 0 Å². The number of carbonyl (C=O) groups excluding carboxylic acids is 2. The fraction of sp³-hybridized carbons (Fsp3) is 0.357. The van der Waals surface area contributed by atoms with Crippen LogP contribution in [0, 0.1) is 17.2 Å². The second-order valence-electron chi connectivity index (χ2n) is 4.46. The minimum atomic E-state index is -0.677. The number of amides is 1. The van der Waals surface area contributed by atoms with E-state index in [1.807, 2.05) is 6.07 Å². The number of rotatable bonds is 3. The highest BCUT2D eigenvalue weighted by molar-refractivity contribution is 6.30. The number of Topliss-reactive ketones (excluding diaryl/α,β-unsaturated/α-hetero) is 1. The average molecular weight is 277 g/mol. The van der Waals surface area contributed by atoms with E-state index in [9.17, 15) is 9.59 Å². The summed E-state index contributed by atoms with van der Waals surface area (Å²) in [4.78, 5) is 25.6. The minimum Gasteiger partial charge on any atom is -0.312 e. The highest BCUT2D eigenvalue weighted by Gasteiger charge is 2.34. The van der Waals surface area contributed by atoms with Crippen LogP contribution >= 0.6 is 11.6 Å². The molecule has 1 aliphatic heterocycles. The zero-order valence-electron chi connectivity index (χ0n) is 10.3. The monoisotopic (exact) mass is 276 g/mol. The van der Waals surface area contributed by atoms with E-state index in [0.717, 1.165) is 12.1 Å². The molecule has 1 saturated heterocycles. The van der Waals surface area contributed by atoms with Gasteiger partial charge in [-0.3, -0.25) is 9.59 Å². The molecule has 0 N–H and O–H groups in total. The van der Waals surface area contributed by atoms with Crippen molar-refractivity contribution in [3.05, 3.63) is 29.3 Å². The van der Waals surface area contributed by atoms with Crippen LogP contribution < -0.4 is 4.90 Å². The molecule has 1 amide bonds. The number of halogens is 1. The van der Waals surface area contributed by atoms with E-state index in [0.29, 0.717) is 18.0 Å². The van der Waals surface area contributed by atoms with E-state index in [1.165, 1.54) is 0 Å². The van der Waals surface area contributed by atoms with E-state index < -0.39 is 5.92 Å². The van der Waals surface area contributed by atoms with Crippen molar-refractivity contribution in [2.45, 2.75) is 19.3 Å². The van der Waals surface area contributed by atoms with Crippen LogP contribution in [0.4, 0.5) is 5.69 Å². The maximum atomic E-state index is 12.3. The molecular formula is C14H13ClN2O2. The lowest BCUT2D eigenvalue weighted by molar-refractivity contribution is -0.133. The quantitative estimate of drug-likeness (QED) is 0.797. The lowest BCUT2D eigenvalue weighted by atomic mass is 9.91. The number of benzene rings is 1. The van der Waals surface area contributed by atoms with Crippen molar-refractivity contribution in [1.82, 2.24) is 0 Å². The number of piperidine rings is 1. The topological polar surface area (TPSA) is 61.2 Å². The van der Waals surface area contributed by atoms with Crippen molar-refractivity contribution in [1.29, 1.82) is 5.26 Å². The molecule has 1 aromatic rings. The van der Waals surface area contributed by atoms with E-state index in [4.69, 9.17) is 16.9 Å². The van der Waals surface area contributed by atoms with Crippen molar-refractivity contribution in [2.24, 2.45) is 5.92 Å². The summed E-state index contributed by atoms with van der Waals surface area (Å²) in [7, 11) is 0. The van der Waals surface area contributed by atoms with Crippen LogP contribution in [0.15, 0.2) is 24.3 Å². The molecule has 2 rings (SSSR count). The van der Waals surface area contributed by atoms with Gasteiger partial charge in [0.15, 0.2) is 5.78 Å². The van der Waals surface area contributed by atoms with Crippen LogP contribution in [0.5, 0.6) is 0 Å². The third-order valence-electron chi connectivity index (χ3n) is 3.22. The molecule has 0 radical (unpaired) electrons. The molecule has 0 aliphatic carbocycles. The summed E-state index contributed by atoms with van der Waals surface area (Å²) in [5, 5.41) is 9.16. The summed E-state index contributed by atoms with van der Waals surface area (Å²) in [6.07, 6.45) is 1.09. The molecule has 1 aliphatic rings. The number of hydrogen-bond acceptors (Lipinski definition) is 3. The van der Waals surface area contributed by atoms with E-state index >= 15 is 0 Å². The Morgan fingerprint density at radius 3 is 2.74 bits per heavy atom. The predicted molar refractivity (Wildman–Crippen MR) is 71.8 cm³/mol. The van der Waals surface area contributed by atoms with Gasteiger partial charge in [-0.2, -0.15) is 5.26 Å². The standard InChI is InChI=1S/C14H13ClN2O2/c15-10-3-5-11(6-4-10)17-9-1-2-12(14(17)19)13(18)7-8-16/h3-6,12H,1-2,7,9H2/t12-/m0/s1. The number of nitriles is 1. The molecule has 0 bridgehead atoms. The van der Waals surface area contributed by atoms with Gasteiger partial charge < -0.3 is 4.90 Å². The second-order valence-corrected chi connectivity index (χ2v) is 4.90. The van der Waals surface area contributed by atoms with Crippen LogP contribution in [0.3, 0.4) is 0 Å². The Balaban J connectivity index is 2.19. The maximum absolute atomic E-state index is 12.3. The molecule has 5 heteroatoms. The molecule has 1 heterocycles. The second kappa shape index (κ2) is 5.85. The summed E-state index contributed by atoms with van der Waals surface area (Å²) in [5.74, 6) is -1.18. The first-order valence-corrected chi connectivity index (χ1v) is 6.48. The Bertz CT molecular complexity index is 533. The number of anilines is 1. The molecule has 1 fully saturated rings. The molecule has 4 nitrogen and oxygen atoms in total. The third-order valence-corrected chi connectivity index (χ3v) is 3.47. The van der Waals surface area contributed by atoms with Gasteiger partial charge in [0.1, 0.15) is 0 Å². The number of hydrogen-bond donors (Lipinski definition) is 0. The van der Waals surface area contributed by atoms with Gasteiger partial charge >= 0.3 is 0 Å². The fourth-order valence-electron chi connectivity index (χ4n) is 2.25. The molecule has 1 aromatic carbocycles. The lowest BCUT2D eigenvalue weighted by Crippen LogP contribution is -2.44. The van der Waals surface area contributed by atoms with Gasteiger partial charge in [-0.1, -0.05) is 11.6 Å². The summed E-state index contributed by atoms with van der Waals surface area (Å²) < 4.78 is 0. The first kappa shape index (κ1) is 13.6. The Kier molecular flexibility index (Phi) is 4.18. The smallest absolute Gasteiger partial charge is 0.237 e. The molecule has 19 heavy (non-hydrogen) atoms. The molecule has 1 atom stereocenters. The SMILES string of the molecule is N#CCC(=O)[C@@H]1CCCN(c2ccc(Cl)cc2)C1=O. The van der Waals surface area contributed by atoms with Gasteiger partial charge in [-0.15, -0.1) is 0 Å². The fourth-order valence-corrected chi connectivity index (χ4v) is 2.38. The van der Waals surface area contributed by atoms with Gasteiger partial charge in [0.25, 0.3) is 0 Å². The first-order chi connectivity index (χ1) is 9.13. The summed E-state index contributed by atoms with van der Waals surface area (Å²) in [6, 6.07) is 8.76. The van der Waals surface area contributed by atoms with Gasteiger partial charge in [0.2, 0.25) is 5.91 Å². The third kappa shape index (κ3) is 2.94. The zero-order chi connectivity index (χ0) is 13.8. The van der Waals surface area contributed by atoms with Crippen LogP contribution in [0.1, 0.15) is 19.3 Å². The minimum absolute atomic E-state index is 0.204. The molecule has 0 saturated carbocycles. The Labute approximate surface area is 116 Å². The van der Waals surface area contributed by atoms with Gasteiger partial charge in [0.05, 0.1) is 18.4 Å². The molecule has 0 unspecified atom stereocenters. The highest BCUT2D eigenvalue weighted by Crippen LogP contribution is 2.26. The Morgan fingerprint density at radius 2 is 2.11 bits per heavy atom. The van der Waals surface area contributed by atoms with Gasteiger partial charge in [0, 0.05) is 17.3 Å². The van der Waals surface area contributed by atoms with Crippen molar-refractivity contribution in [2.75, 3.05) is 11.4 Å². The predicted octanol–water partition coefficient (Wildman–Crippen LogP) is 2.57. The lowest BCUT2D eigenvalue weighted by Gasteiger charge is -2.31. The molecule has 98 valence electrons. The normalized spacial score (nSPS) is 19.1. The van der Waals surface area contributed by atoms with E-state index in [1.54, 1.807) is 29.2 Å². The largest absolute Gasteiger partial charge is 0.312 e. The Morgan fingerprint density at radius 1 is 1.42 bits per heavy atom. The zero-order valence-corrected chi connectivity index (χ0v) is 11.1. The maximum Gasteiger partial charge on any atom is 0.237 e. The number of carbonyl (C=O) groups is 2. The van der Waals surface area contributed by atoms with E-state index in [-0.39, 0.29) is 18.1 Å². The molecule has 0 aromatic heterocycles. The highest BCUT2D eigenvalue weighted by atomic mass is 35.5. The van der Waals surface area contributed by atoms with Crippen LogP contribution in [0.2, 0.25) is 5.02 Å². The number of ketones is 1. The van der Waals surface area contributed by atoms with Crippen molar-refractivity contribution in [3.63, 3.8) is 0 Å². The van der Waals surface area contributed by atoms with Crippen molar-refractivity contribution >= 4 is 29.0 Å². The van der Waals surface area contributed by atoms with Gasteiger partial charge in [-0.25, -0.2) is 0 Å². The van der Waals surface area contributed by atoms with Crippen LogP contribution in [-0.2, 0) is 9.59 Å². The molecule has 0 spiro atoms. The summed E-state index contributed by atoms with van der Waals surface area (Å²) in [5.41, 5.74) is 0.740. The Hall–Kier alpha value is -1.86. The van der Waals surface area contributed by atoms with Crippen LogP contribution in [-0.4, -0.2) is 18.2 Å².